The number of hydrogen-bond acceptors (Lipinski definition) is 5. The molecule has 1 unspecified atom stereocenters. The zero-order valence-corrected chi connectivity index (χ0v) is 17.5. The van der Waals surface area contributed by atoms with Crippen LogP contribution in [-0.4, -0.2) is 34.6 Å². The lowest BCUT2D eigenvalue weighted by Crippen LogP contribution is -2.07. The largest absolute Gasteiger partial charge is 0.478 e. The van der Waals surface area contributed by atoms with Crippen LogP contribution in [0.25, 0.3) is 17.1 Å². The van der Waals surface area contributed by atoms with E-state index in [9.17, 15) is 14.1 Å². The van der Waals surface area contributed by atoms with Gasteiger partial charge in [-0.25, -0.2) is 14.0 Å². The molecule has 2 aromatic carbocycles. The fourth-order valence-corrected chi connectivity index (χ4v) is 3.64. The smallest absolute Gasteiger partial charge is 0.335 e. The summed E-state index contributed by atoms with van der Waals surface area (Å²) in [7, 11) is 0. The maximum absolute atomic E-state index is 11.4. The van der Waals surface area contributed by atoms with Gasteiger partial charge in [-0.3, -0.25) is 9.27 Å². The van der Waals surface area contributed by atoms with E-state index in [2.05, 4.69) is 14.8 Å². The van der Waals surface area contributed by atoms with Crippen molar-refractivity contribution in [2.24, 2.45) is 0 Å². The van der Waals surface area contributed by atoms with Crippen molar-refractivity contribution in [2.45, 2.75) is 6.42 Å². The monoisotopic (exact) mass is 449 g/mol. The van der Waals surface area contributed by atoms with Crippen molar-refractivity contribution in [3.63, 3.8) is 0 Å². The van der Waals surface area contributed by atoms with Gasteiger partial charge in [-0.15, -0.1) is 0 Å². The quantitative estimate of drug-likeness (QED) is 0.317. The van der Waals surface area contributed by atoms with Crippen molar-refractivity contribution in [3.8, 4) is 17.1 Å². The molecule has 0 radical (unpaired) electrons. The van der Waals surface area contributed by atoms with Crippen molar-refractivity contribution >= 4 is 28.7 Å². The third kappa shape index (κ3) is 4.51. The first-order valence-electron chi connectivity index (χ1n) is 9.51. The van der Waals surface area contributed by atoms with E-state index in [0.717, 1.165) is 16.7 Å². The zero-order chi connectivity index (χ0) is 22.7. The first-order valence-corrected chi connectivity index (χ1v) is 10.6. The number of rotatable bonds is 7. The second kappa shape index (κ2) is 9.00. The van der Waals surface area contributed by atoms with Gasteiger partial charge in [0.15, 0.2) is 5.82 Å². The molecule has 5 N–H and O–H groups in total. The molecule has 0 bridgehead atoms. The van der Waals surface area contributed by atoms with Gasteiger partial charge in [0, 0.05) is 29.4 Å². The topological polar surface area (TPSA) is 143 Å². The van der Waals surface area contributed by atoms with E-state index in [1.165, 1.54) is 23.0 Å². The molecule has 10 heteroatoms. The molecule has 32 heavy (non-hydrogen) atoms. The summed E-state index contributed by atoms with van der Waals surface area (Å²) in [5.41, 5.74) is 10.2. The van der Waals surface area contributed by atoms with Crippen molar-refractivity contribution < 1.29 is 18.7 Å². The highest BCUT2D eigenvalue weighted by atomic mass is 32.2. The van der Waals surface area contributed by atoms with E-state index >= 15 is 0 Å². The van der Waals surface area contributed by atoms with Gasteiger partial charge in [-0.1, -0.05) is 42.5 Å². The molecular formula is C22H19N5O4S. The lowest BCUT2D eigenvalue weighted by atomic mass is 10.0. The summed E-state index contributed by atoms with van der Waals surface area (Å²) in [6.07, 6.45) is 1.84. The summed E-state index contributed by atoms with van der Waals surface area (Å²) in [5, 5.41) is 14.0. The Morgan fingerprint density at radius 2 is 1.81 bits per heavy atom. The van der Waals surface area contributed by atoms with Crippen LogP contribution < -0.4 is 10.5 Å². The Morgan fingerprint density at radius 1 is 1.09 bits per heavy atom. The minimum absolute atomic E-state index is 0.0806. The van der Waals surface area contributed by atoms with Crippen LogP contribution in [0.15, 0.2) is 72.9 Å². The molecule has 0 amide bonds. The van der Waals surface area contributed by atoms with Gasteiger partial charge in [-0.2, -0.15) is 9.78 Å². The van der Waals surface area contributed by atoms with E-state index < -0.39 is 17.2 Å². The number of anilines is 2. The van der Waals surface area contributed by atoms with Gasteiger partial charge < -0.3 is 10.8 Å². The molecule has 2 heterocycles. The Hall–Kier alpha value is -4.02. The molecule has 0 saturated carbocycles. The highest BCUT2D eigenvalue weighted by Crippen LogP contribution is 2.31. The minimum Gasteiger partial charge on any atom is -0.478 e. The fourth-order valence-electron chi connectivity index (χ4n) is 3.30. The summed E-state index contributed by atoms with van der Waals surface area (Å²) in [5.74, 6) is -0.422. The van der Waals surface area contributed by atoms with Crippen LogP contribution in [0.4, 0.5) is 11.5 Å². The van der Waals surface area contributed by atoms with Gasteiger partial charge in [0.1, 0.15) is 5.82 Å². The van der Waals surface area contributed by atoms with Crippen molar-refractivity contribution in [1.29, 1.82) is 0 Å². The lowest BCUT2D eigenvalue weighted by molar-refractivity contribution is 0.0696. The Balaban J connectivity index is 1.78. The number of carbonyl (C=O) groups is 1. The number of nitrogens with one attached hydrogen (secondary N) is 1. The molecule has 0 aliphatic rings. The number of aromatic carboxylic acids is 1. The highest BCUT2D eigenvalue weighted by molar-refractivity contribution is 7.80. The van der Waals surface area contributed by atoms with Crippen LogP contribution >= 0.6 is 0 Å². The summed E-state index contributed by atoms with van der Waals surface area (Å²) in [4.78, 5) is 15.6. The standard InChI is InChI=1S/C22H19N5O4S/c23-21-18(12-14-6-8-17(9-7-14)26-32(30)31)20(15-4-2-1-3-5-15)25-27(21)19-13-16(22(28)29)10-11-24-19/h1-11,13,26H,12,23H2,(H,28,29)(H,30,31). The van der Waals surface area contributed by atoms with Crippen molar-refractivity contribution in [3.05, 3.63) is 89.6 Å². The molecule has 4 rings (SSSR count). The zero-order valence-electron chi connectivity index (χ0n) is 16.7. The van der Waals surface area contributed by atoms with E-state index in [1.807, 2.05) is 42.5 Å². The van der Waals surface area contributed by atoms with Crippen LogP contribution in [0.5, 0.6) is 0 Å². The maximum Gasteiger partial charge on any atom is 0.335 e. The van der Waals surface area contributed by atoms with Crippen molar-refractivity contribution in [1.82, 2.24) is 14.8 Å². The molecule has 9 nitrogen and oxygen atoms in total. The van der Waals surface area contributed by atoms with E-state index in [4.69, 9.17) is 10.3 Å². The average Bonchev–Trinajstić information content (AvgIpc) is 3.11. The number of aromatic nitrogens is 3. The molecule has 0 fully saturated rings. The highest BCUT2D eigenvalue weighted by Gasteiger charge is 2.20. The molecule has 0 aliphatic heterocycles. The number of nitrogens with zero attached hydrogens (tertiary/aromatic N) is 3. The average molecular weight is 449 g/mol. The fraction of sp³-hybridized carbons (Fsp3) is 0.0455. The molecule has 4 aromatic rings. The number of carboxylic acids is 1. The number of nitrogen functional groups attached to an aromatic ring is 1. The van der Waals surface area contributed by atoms with Gasteiger partial charge in [0.2, 0.25) is 0 Å². The van der Waals surface area contributed by atoms with Crippen LogP contribution in [-0.2, 0) is 17.7 Å². The number of hydrogen-bond donors (Lipinski definition) is 4. The van der Waals surface area contributed by atoms with Crippen LogP contribution in [0.1, 0.15) is 21.5 Å². The summed E-state index contributed by atoms with van der Waals surface area (Å²) in [6.45, 7) is 0. The Kier molecular flexibility index (Phi) is 5.97. The lowest BCUT2D eigenvalue weighted by Gasteiger charge is -2.07. The number of carboxylic acid groups (broad SMARTS) is 1. The first kappa shape index (κ1) is 21.2. The third-order valence-corrected chi connectivity index (χ3v) is 5.23. The number of benzene rings is 2. The predicted octanol–water partition coefficient (Wildman–Crippen LogP) is 3.35. The first-order chi connectivity index (χ1) is 15.4. The SMILES string of the molecule is Nc1c(Cc2ccc(NS(=O)O)cc2)c(-c2ccccc2)nn1-c1cc(C(=O)O)ccn1. The van der Waals surface area contributed by atoms with Gasteiger partial charge in [-0.05, 0) is 29.8 Å². The van der Waals surface area contributed by atoms with Crippen LogP contribution in [0.2, 0.25) is 0 Å². The van der Waals surface area contributed by atoms with Gasteiger partial charge >= 0.3 is 5.97 Å². The summed E-state index contributed by atoms with van der Waals surface area (Å²) in [6, 6.07) is 19.4. The van der Waals surface area contributed by atoms with E-state index in [0.29, 0.717) is 29.4 Å². The molecule has 162 valence electrons. The van der Waals surface area contributed by atoms with Gasteiger partial charge in [0.05, 0.1) is 11.3 Å². The summed E-state index contributed by atoms with van der Waals surface area (Å²) < 4.78 is 23.7. The Bertz CT molecular complexity index is 1290. The summed E-state index contributed by atoms with van der Waals surface area (Å²) >= 11 is -2.15. The van der Waals surface area contributed by atoms with Crippen LogP contribution in [0, 0.1) is 0 Å². The molecule has 0 spiro atoms. The van der Waals surface area contributed by atoms with Crippen LogP contribution in [0.3, 0.4) is 0 Å². The Morgan fingerprint density at radius 3 is 2.47 bits per heavy atom. The Labute approximate surface area is 186 Å². The minimum atomic E-state index is -2.15. The molecule has 1 atom stereocenters. The second-order valence-corrected chi connectivity index (χ2v) is 7.63. The number of nitrogens with two attached hydrogens (primary N) is 1. The number of pyridine rings is 1. The molecule has 0 aliphatic carbocycles. The van der Waals surface area contributed by atoms with E-state index in [1.54, 1.807) is 12.1 Å². The molecular weight excluding hydrogens is 430 g/mol. The third-order valence-electron chi connectivity index (χ3n) is 4.82. The maximum atomic E-state index is 11.4. The predicted molar refractivity (Wildman–Crippen MR) is 122 cm³/mol. The normalized spacial score (nSPS) is 11.8. The van der Waals surface area contributed by atoms with Gasteiger partial charge in [0.25, 0.3) is 11.3 Å². The van der Waals surface area contributed by atoms with Crippen molar-refractivity contribution in [2.75, 3.05) is 10.5 Å². The molecule has 2 aromatic heterocycles. The molecule has 0 saturated heterocycles. The second-order valence-electron chi connectivity index (χ2n) is 6.92. The van der Waals surface area contributed by atoms with E-state index in [-0.39, 0.29) is 5.56 Å².